The molecule has 0 radical (unpaired) electrons. The van der Waals surface area contributed by atoms with Crippen molar-refractivity contribution in [1.29, 1.82) is 0 Å². The van der Waals surface area contributed by atoms with Crippen molar-refractivity contribution in [2.45, 2.75) is 6.04 Å². The van der Waals surface area contributed by atoms with Crippen molar-refractivity contribution in [3.63, 3.8) is 0 Å². The fraction of sp³-hybridized carbons (Fsp3) is 0.800. The van der Waals surface area contributed by atoms with Crippen molar-refractivity contribution in [3.8, 4) is 0 Å². The van der Waals surface area contributed by atoms with Crippen LogP contribution in [0.4, 0.5) is 0 Å². The van der Waals surface area contributed by atoms with Crippen LogP contribution in [-0.2, 0) is 9.53 Å². The van der Waals surface area contributed by atoms with E-state index in [9.17, 15) is 4.79 Å². The highest BCUT2D eigenvalue weighted by atomic mass is 16.5. The van der Waals surface area contributed by atoms with E-state index >= 15 is 0 Å². The molecule has 0 aromatic heterocycles. The van der Waals surface area contributed by atoms with Crippen LogP contribution in [0.5, 0.6) is 0 Å². The van der Waals surface area contributed by atoms with Gasteiger partial charge in [0.1, 0.15) is 0 Å². The normalized spacial score (nSPS) is 38.9. The van der Waals surface area contributed by atoms with E-state index in [1.807, 2.05) is 0 Å². The Morgan fingerprint density at radius 1 is 1.67 bits per heavy atom. The van der Waals surface area contributed by atoms with Crippen molar-refractivity contribution in [3.05, 3.63) is 0 Å². The lowest BCUT2D eigenvalue weighted by Gasteiger charge is -1.93. The summed E-state index contributed by atoms with van der Waals surface area (Å²) in [5, 5.41) is 7.47. The molecule has 4 heteroatoms. The molecule has 2 rings (SSSR count). The van der Waals surface area contributed by atoms with Crippen LogP contribution < -0.4 is 0 Å². The molecule has 2 aliphatic rings. The van der Waals surface area contributed by atoms with Crippen LogP contribution in [0.3, 0.4) is 0 Å². The van der Waals surface area contributed by atoms with Gasteiger partial charge in [0.05, 0.1) is 13.2 Å². The first-order valence-corrected chi connectivity index (χ1v) is 2.91. The summed E-state index contributed by atoms with van der Waals surface area (Å²) in [6, 6.07) is -0.259. The number of ether oxygens (including phenoxy) is 1. The maximum absolute atomic E-state index is 10.7. The van der Waals surface area contributed by atoms with Gasteiger partial charge in [-0.05, 0) is 0 Å². The minimum absolute atomic E-state index is 0.207. The Morgan fingerprint density at radius 2 is 2.56 bits per heavy atom. The summed E-state index contributed by atoms with van der Waals surface area (Å²) in [4.78, 5) is 10.7. The first kappa shape index (κ1) is 4.90. The highest BCUT2D eigenvalue weighted by Crippen LogP contribution is 2.23. The largest absolute Gasteiger partial charge is 0.464 e. The molecule has 2 heterocycles. The number of fused-ring (bicyclic) bond motifs is 1. The molecule has 0 aliphatic carbocycles. The molecule has 0 saturated carbocycles. The minimum atomic E-state index is -0.259. The second kappa shape index (κ2) is 1.52. The van der Waals surface area contributed by atoms with E-state index in [-0.39, 0.29) is 17.9 Å². The minimum Gasteiger partial charge on any atom is -0.464 e. The lowest BCUT2D eigenvalue weighted by atomic mass is 10.1. The number of nitrogens with zero attached hydrogens (tertiary/aromatic N) is 2. The monoisotopic (exact) mass is 126 g/mol. The molecule has 0 aromatic rings. The van der Waals surface area contributed by atoms with E-state index in [1.54, 1.807) is 0 Å². The van der Waals surface area contributed by atoms with Crippen LogP contribution in [0.1, 0.15) is 0 Å². The molecule has 2 unspecified atom stereocenters. The van der Waals surface area contributed by atoms with Gasteiger partial charge in [-0.15, -0.1) is 0 Å². The Balaban J connectivity index is 2.24. The maximum atomic E-state index is 10.7. The summed E-state index contributed by atoms with van der Waals surface area (Å²) in [6.45, 7) is 1.17. The van der Waals surface area contributed by atoms with Gasteiger partial charge in [0.25, 0.3) is 0 Å². The summed E-state index contributed by atoms with van der Waals surface area (Å²) in [5.41, 5.74) is 0. The molecule has 9 heavy (non-hydrogen) atoms. The Kier molecular flexibility index (Phi) is 0.831. The average Bonchev–Trinajstić information content (AvgIpc) is 2.35. The summed E-state index contributed by atoms with van der Waals surface area (Å²) < 4.78 is 4.73. The molecule has 4 nitrogen and oxygen atoms in total. The zero-order valence-electron chi connectivity index (χ0n) is 4.78. The van der Waals surface area contributed by atoms with Gasteiger partial charge in [-0.25, -0.2) is 4.79 Å². The Morgan fingerprint density at radius 3 is 3.33 bits per heavy atom. The highest BCUT2D eigenvalue weighted by Gasteiger charge is 2.39. The van der Waals surface area contributed by atoms with Crippen LogP contribution in [0, 0.1) is 5.92 Å². The zero-order chi connectivity index (χ0) is 6.27. The van der Waals surface area contributed by atoms with E-state index in [2.05, 4.69) is 10.2 Å². The summed E-state index contributed by atoms with van der Waals surface area (Å²) in [7, 11) is 0. The topological polar surface area (TPSA) is 51.0 Å². The molecule has 1 saturated heterocycles. The molecular formula is C5H6N2O2. The quantitative estimate of drug-likeness (QED) is 0.429. The Bertz CT molecular complexity index is 178. The number of hydrogen-bond donors (Lipinski definition) is 0. The highest BCUT2D eigenvalue weighted by molar-refractivity contribution is 5.78. The van der Waals surface area contributed by atoms with E-state index in [0.29, 0.717) is 13.2 Å². The molecule has 2 aliphatic heterocycles. The van der Waals surface area contributed by atoms with Crippen LogP contribution >= 0.6 is 0 Å². The zero-order valence-corrected chi connectivity index (χ0v) is 4.78. The first-order valence-electron chi connectivity index (χ1n) is 2.91. The van der Waals surface area contributed by atoms with Gasteiger partial charge in [-0.1, -0.05) is 0 Å². The van der Waals surface area contributed by atoms with Gasteiger partial charge in [0.15, 0.2) is 6.04 Å². The van der Waals surface area contributed by atoms with Crippen molar-refractivity contribution < 1.29 is 9.53 Å². The standard InChI is InChI=1S/C5H6N2O2/c8-5-4-3(2-9-5)1-6-7-4/h3-4H,1-2H2. The summed E-state index contributed by atoms with van der Waals surface area (Å²) >= 11 is 0. The molecule has 2 atom stereocenters. The van der Waals surface area contributed by atoms with Gasteiger partial charge >= 0.3 is 5.97 Å². The van der Waals surface area contributed by atoms with Crippen molar-refractivity contribution in [1.82, 2.24) is 0 Å². The SMILES string of the molecule is O=C1OCC2CN=NC12. The number of hydrogen-bond acceptors (Lipinski definition) is 4. The predicted octanol–water partition coefficient (Wildman–Crippen LogP) is -0.00620. The number of carbonyl (C=O) groups is 1. The first-order chi connectivity index (χ1) is 4.38. The molecule has 0 aromatic carbocycles. The van der Waals surface area contributed by atoms with E-state index in [0.717, 1.165) is 0 Å². The number of esters is 1. The third-order valence-electron chi connectivity index (χ3n) is 1.65. The van der Waals surface area contributed by atoms with Crippen molar-refractivity contribution >= 4 is 5.97 Å². The molecular weight excluding hydrogens is 120 g/mol. The van der Waals surface area contributed by atoms with Crippen LogP contribution in [0.15, 0.2) is 10.2 Å². The second-order valence-corrected chi connectivity index (χ2v) is 2.27. The van der Waals surface area contributed by atoms with Crippen LogP contribution in [0.25, 0.3) is 0 Å². The van der Waals surface area contributed by atoms with E-state index < -0.39 is 0 Å². The number of carbonyl (C=O) groups excluding carboxylic acids is 1. The van der Waals surface area contributed by atoms with Crippen LogP contribution in [0.2, 0.25) is 0 Å². The Labute approximate surface area is 51.9 Å². The third kappa shape index (κ3) is 0.557. The van der Waals surface area contributed by atoms with Crippen molar-refractivity contribution in [2.75, 3.05) is 13.2 Å². The lowest BCUT2D eigenvalue weighted by Crippen LogP contribution is -2.16. The molecule has 48 valence electrons. The summed E-state index contributed by atoms with van der Waals surface area (Å²) in [5.74, 6) is 0.0405. The van der Waals surface area contributed by atoms with Gasteiger partial charge in [-0.2, -0.15) is 10.2 Å². The number of rotatable bonds is 0. The fourth-order valence-electron chi connectivity index (χ4n) is 1.09. The van der Waals surface area contributed by atoms with E-state index in [4.69, 9.17) is 4.74 Å². The number of azo groups is 1. The second-order valence-electron chi connectivity index (χ2n) is 2.27. The summed E-state index contributed by atoms with van der Waals surface area (Å²) in [6.07, 6.45) is 0. The van der Waals surface area contributed by atoms with Gasteiger partial charge in [-0.3, -0.25) is 0 Å². The number of cyclic esters (lactones) is 1. The average molecular weight is 126 g/mol. The van der Waals surface area contributed by atoms with Gasteiger partial charge in [0.2, 0.25) is 0 Å². The lowest BCUT2D eigenvalue weighted by molar-refractivity contribution is -0.139. The molecule has 1 fully saturated rings. The van der Waals surface area contributed by atoms with Gasteiger partial charge < -0.3 is 4.74 Å². The molecule has 0 amide bonds. The predicted molar refractivity (Wildman–Crippen MR) is 28.0 cm³/mol. The van der Waals surface area contributed by atoms with E-state index in [1.165, 1.54) is 0 Å². The molecule has 0 bridgehead atoms. The Hall–Kier alpha value is -0.930. The third-order valence-corrected chi connectivity index (χ3v) is 1.65. The van der Waals surface area contributed by atoms with Crippen molar-refractivity contribution in [2.24, 2.45) is 16.1 Å². The van der Waals surface area contributed by atoms with Gasteiger partial charge in [0, 0.05) is 5.92 Å². The fourth-order valence-corrected chi connectivity index (χ4v) is 1.09. The molecule has 0 spiro atoms. The van der Waals surface area contributed by atoms with Crippen LogP contribution in [-0.4, -0.2) is 25.2 Å². The smallest absolute Gasteiger partial charge is 0.333 e. The molecule has 0 N–H and O–H groups in total. The maximum Gasteiger partial charge on any atom is 0.333 e.